The van der Waals surface area contributed by atoms with Crippen LogP contribution in [0.3, 0.4) is 0 Å². The number of nitrogens with one attached hydrogen (secondary N) is 1. The fraction of sp³-hybridized carbons (Fsp3) is 0.429. The van der Waals surface area contributed by atoms with Gasteiger partial charge >= 0.3 is 0 Å². The number of carbonyl (C=O) groups is 1. The highest BCUT2D eigenvalue weighted by Crippen LogP contribution is 2.18. The molecule has 2 rings (SSSR count). The number of aromatic amines is 1. The van der Waals surface area contributed by atoms with E-state index in [9.17, 15) is 13.6 Å². The molecule has 1 amide bonds. The summed E-state index contributed by atoms with van der Waals surface area (Å²) < 4.78 is 31.4. The lowest BCUT2D eigenvalue weighted by atomic mass is 10.1. The number of rotatable bonds is 6. The molecule has 1 heterocycles. The fourth-order valence-electron chi connectivity index (χ4n) is 2.08. The topological polar surface area (TPSA) is 84.0 Å². The van der Waals surface area contributed by atoms with Crippen LogP contribution in [0.5, 0.6) is 5.75 Å². The first kappa shape index (κ1) is 16.8. The molecule has 9 heteroatoms. The molecule has 0 saturated heterocycles. The monoisotopic (exact) mass is 325 g/mol. The third-order valence-electron chi connectivity index (χ3n) is 3.28. The van der Waals surface area contributed by atoms with Crippen LogP contribution in [-0.2, 0) is 4.79 Å². The minimum atomic E-state index is -1.03. The van der Waals surface area contributed by atoms with Gasteiger partial charge in [0.15, 0.2) is 23.6 Å². The number of tetrazole rings is 1. The molecule has 1 N–H and O–H groups in total. The highest BCUT2D eigenvalue weighted by Gasteiger charge is 2.22. The minimum Gasteiger partial charge on any atom is -0.481 e. The van der Waals surface area contributed by atoms with E-state index in [4.69, 9.17) is 4.74 Å². The van der Waals surface area contributed by atoms with E-state index >= 15 is 0 Å². The number of aromatic nitrogens is 4. The number of likely N-dealkylation sites (N-methyl/N-ethyl adjacent to an activating group) is 1. The largest absolute Gasteiger partial charge is 0.481 e. The molecule has 0 saturated carbocycles. The molecule has 0 spiro atoms. The number of hydrogen-bond donors (Lipinski definition) is 1. The number of H-pyrrole nitrogens is 1. The molecular weight excluding hydrogens is 308 g/mol. The minimum absolute atomic E-state index is 0.0874. The maximum absolute atomic E-state index is 13.1. The van der Waals surface area contributed by atoms with Crippen LogP contribution in [0.2, 0.25) is 0 Å². The van der Waals surface area contributed by atoms with E-state index in [0.29, 0.717) is 12.4 Å². The van der Waals surface area contributed by atoms with E-state index < -0.39 is 17.7 Å². The van der Waals surface area contributed by atoms with Gasteiger partial charge in [0.25, 0.3) is 5.91 Å². The zero-order valence-electron chi connectivity index (χ0n) is 13.0. The highest BCUT2D eigenvalue weighted by atomic mass is 19.2. The molecule has 7 nitrogen and oxygen atoms in total. The predicted molar refractivity (Wildman–Crippen MR) is 76.7 cm³/mol. The summed E-state index contributed by atoms with van der Waals surface area (Å²) in [5.74, 6) is -1.82. The van der Waals surface area contributed by atoms with Gasteiger partial charge in [0.05, 0.1) is 0 Å². The van der Waals surface area contributed by atoms with Gasteiger partial charge in [-0.1, -0.05) is 12.1 Å². The maximum atomic E-state index is 13.1. The quantitative estimate of drug-likeness (QED) is 0.870. The molecule has 2 aromatic rings. The summed E-state index contributed by atoms with van der Waals surface area (Å²) in [6.45, 7) is 3.76. The van der Waals surface area contributed by atoms with Crippen molar-refractivity contribution in [2.75, 3.05) is 13.6 Å². The molecular formula is C14H17F2N5O2. The number of benzene rings is 1. The van der Waals surface area contributed by atoms with Gasteiger partial charge in [-0.05, 0) is 19.1 Å². The lowest BCUT2D eigenvalue weighted by Gasteiger charge is -2.24. The Bertz CT molecular complexity index is 665. The molecule has 1 aromatic carbocycles. The second-order valence-electron chi connectivity index (χ2n) is 5.23. The molecule has 0 aliphatic rings. The maximum Gasteiger partial charge on any atom is 0.263 e. The Labute approximate surface area is 131 Å². The Morgan fingerprint density at radius 3 is 2.70 bits per heavy atom. The van der Waals surface area contributed by atoms with Gasteiger partial charge in [0, 0.05) is 25.6 Å². The van der Waals surface area contributed by atoms with E-state index in [2.05, 4.69) is 20.6 Å². The van der Waals surface area contributed by atoms with E-state index in [1.165, 1.54) is 11.0 Å². The van der Waals surface area contributed by atoms with Crippen LogP contribution >= 0.6 is 0 Å². The summed E-state index contributed by atoms with van der Waals surface area (Å²) >= 11 is 0. The summed E-state index contributed by atoms with van der Waals surface area (Å²) in [4.78, 5) is 13.7. The van der Waals surface area contributed by atoms with E-state index in [1.807, 2.05) is 6.92 Å². The fourth-order valence-corrected chi connectivity index (χ4v) is 2.08. The third-order valence-corrected chi connectivity index (χ3v) is 3.28. The van der Waals surface area contributed by atoms with Crippen LogP contribution in [0.15, 0.2) is 18.2 Å². The number of amides is 1. The Morgan fingerprint density at radius 2 is 2.09 bits per heavy atom. The van der Waals surface area contributed by atoms with Crippen LogP contribution in [0.4, 0.5) is 8.78 Å². The smallest absolute Gasteiger partial charge is 0.263 e. The summed E-state index contributed by atoms with van der Waals surface area (Å²) in [7, 11) is 1.62. The lowest BCUT2D eigenvalue weighted by Crippen LogP contribution is -2.39. The molecule has 0 radical (unpaired) electrons. The number of hydrogen-bond acceptors (Lipinski definition) is 5. The number of halogens is 2. The van der Waals surface area contributed by atoms with Gasteiger partial charge in [-0.25, -0.2) is 8.78 Å². The molecule has 0 fully saturated rings. The summed E-state index contributed by atoms with van der Waals surface area (Å²) in [5, 5.41) is 13.6. The summed E-state index contributed by atoms with van der Waals surface area (Å²) in [6, 6.07) is 3.12. The first-order valence-electron chi connectivity index (χ1n) is 6.98. The highest BCUT2D eigenvalue weighted by molar-refractivity contribution is 5.80. The molecule has 23 heavy (non-hydrogen) atoms. The van der Waals surface area contributed by atoms with Crippen molar-refractivity contribution in [2.24, 2.45) is 0 Å². The predicted octanol–water partition coefficient (Wildman–Crippen LogP) is 1.51. The van der Waals surface area contributed by atoms with Crippen molar-refractivity contribution in [3.8, 4) is 5.75 Å². The molecule has 1 aromatic heterocycles. The summed E-state index contributed by atoms with van der Waals surface area (Å²) in [5.41, 5.74) is 0. The molecule has 0 bridgehead atoms. The van der Waals surface area contributed by atoms with Crippen molar-refractivity contribution in [1.82, 2.24) is 25.5 Å². The Balaban J connectivity index is 1.94. The first-order chi connectivity index (χ1) is 10.9. The van der Waals surface area contributed by atoms with Crippen LogP contribution in [0.1, 0.15) is 25.6 Å². The third kappa shape index (κ3) is 4.21. The normalized spacial score (nSPS) is 13.4. The average Bonchev–Trinajstić information content (AvgIpc) is 3.04. The van der Waals surface area contributed by atoms with Crippen LogP contribution in [0.25, 0.3) is 0 Å². The molecule has 0 aliphatic heterocycles. The van der Waals surface area contributed by atoms with Crippen molar-refractivity contribution >= 4 is 5.91 Å². The van der Waals surface area contributed by atoms with Gasteiger partial charge < -0.3 is 9.64 Å². The van der Waals surface area contributed by atoms with Crippen LogP contribution in [0, 0.1) is 11.6 Å². The van der Waals surface area contributed by atoms with Gasteiger partial charge in [0.1, 0.15) is 5.75 Å². The van der Waals surface area contributed by atoms with Crippen molar-refractivity contribution in [3.63, 3.8) is 0 Å². The van der Waals surface area contributed by atoms with Crippen LogP contribution in [-0.4, -0.2) is 51.1 Å². The summed E-state index contributed by atoms with van der Waals surface area (Å²) in [6.07, 6.45) is -0.845. The van der Waals surface area contributed by atoms with Crippen molar-refractivity contribution in [2.45, 2.75) is 25.9 Å². The van der Waals surface area contributed by atoms with Gasteiger partial charge in [-0.15, -0.1) is 10.2 Å². The van der Waals surface area contributed by atoms with E-state index in [1.54, 1.807) is 14.0 Å². The molecule has 0 aliphatic carbocycles. The van der Waals surface area contributed by atoms with E-state index in [-0.39, 0.29) is 17.6 Å². The zero-order valence-corrected chi connectivity index (χ0v) is 13.0. The van der Waals surface area contributed by atoms with Crippen molar-refractivity contribution in [1.29, 1.82) is 0 Å². The lowest BCUT2D eigenvalue weighted by molar-refractivity contribution is -0.136. The molecule has 2 atom stereocenters. The number of ether oxygens (including phenoxy) is 1. The first-order valence-corrected chi connectivity index (χ1v) is 6.98. The molecule has 0 unspecified atom stereocenters. The number of carbonyl (C=O) groups excluding carboxylic acids is 1. The van der Waals surface area contributed by atoms with Gasteiger partial charge in [0.2, 0.25) is 0 Å². The van der Waals surface area contributed by atoms with Gasteiger partial charge in [-0.2, -0.15) is 5.21 Å². The second kappa shape index (κ2) is 7.12. The second-order valence-corrected chi connectivity index (χ2v) is 5.23. The van der Waals surface area contributed by atoms with Crippen molar-refractivity contribution in [3.05, 3.63) is 35.7 Å². The Morgan fingerprint density at radius 1 is 1.35 bits per heavy atom. The standard InChI is InChI=1S/C14H17F2N5O2/c1-8(13-17-19-20-18-13)7-21(3)14(22)9(2)23-10-4-5-11(15)12(16)6-10/h4-6,8-9H,7H2,1-3H3,(H,17,18,19,20)/t8-,9+/m1/s1. The Kier molecular flexibility index (Phi) is 5.20. The number of nitrogens with zero attached hydrogens (tertiary/aromatic N) is 4. The zero-order chi connectivity index (χ0) is 17.0. The SMILES string of the molecule is C[C@H](Oc1ccc(F)c(F)c1)C(=O)N(C)C[C@@H](C)c1nn[nH]n1. The molecule has 124 valence electrons. The average molecular weight is 325 g/mol. The van der Waals surface area contributed by atoms with Crippen molar-refractivity contribution < 1.29 is 18.3 Å². The van der Waals surface area contributed by atoms with E-state index in [0.717, 1.165) is 12.1 Å². The Hall–Kier alpha value is -2.58. The van der Waals surface area contributed by atoms with Gasteiger partial charge in [-0.3, -0.25) is 4.79 Å². The van der Waals surface area contributed by atoms with Crippen LogP contribution < -0.4 is 4.74 Å².